The van der Waals surface area contributed by atoms with Crippen LogP contribution < -0.4 is 14.4 Å². The van der Waals surface area contributed by atoms with Gasteiger partial charge in [0, 0.05) is 32.3 Å². The van der Waals surface area contributed by atoms with Crippen molar-refractivity contribution in [1.29, 1.82) is 0 Å². The number of phenols is 1. The minimum absolute atomic E-state index is 0.0542. The number of nitrogens with zero attached hydrogens (tertiary/aromatic N) is 6. The van der Waals surface area contributed by atoms with Crippen LogP contribution in [-0.4, -0.2) is 104 Å². The fraction of sp³-hybridized carbons (Fsp3) is 0.576. The average Bonchev–Trinajstić information content (AvgIpc) is 3.62. The van der Waals surface area contributed by atoms with Gasteiger partial charge >= 0.3 is 18.5 Å². The van der Waals surface area contributed by atoms with Gasteiger partial charge in [0.1, 0.15) is 46.9 Å². The molecule has 4 aliphatic rings. The van der Waals surface area contributed by atoms with Crippen molar-refractivity contribution in [1.82, 2.24) is 24.8 Å². The summed E-state index contributed by atoms with van der Waals surface area (Å²) in [5.41, 5.74) is -2.77. The average molecular weight is 693 g/mol. The molecule has 2 bridgehead atoms. The quantitative estimate of drug-likeness (QED) is 0.310. The molecule has 2 unspecified atom stereocenters. The molecule has 11 nitrogen and oxygen atoms in total. The number of halogens is 5. The summed E-state index contributed by atoms with van der Waals surface area (Å²) in [7, 11) is 0. The molecule has 0 saturated carbocycles. The van der Waals surface area contributed by atoms with Gasteiger partial charge in [-0.05, 0) is 65.1 Å². The number of anilines is 1. The number of rotatable bonds is 6. The molecule has 4 saturated heterocycles. The van der Waals surface area contributed by atoms with Crippen LogP contribution in [0.4, 0.5) is 32.6 Å². The number of benzene rings is 1. The lowest BCUT2D eigenvalue weighted by Gasteiger charge is -2.42. The molecule has 4 aliphatic heterocycles. The number of hydrogen-bond donors (Lipinski definition) is 1. The molecule has 49 heavy (non-hydrogen) atoms. The Kier molecular flexibility index (Phi) is 8.14. The molecular formula is C33H37F5N6O5. The largest absolute Gasteiger partial charge is 0.573 e. The lowest BCUT2D eigenvalue weighted by atomic mass is 9.95. The topological polar surface area (TPSA) is 113 Å². The Bertz CT molecular complexity index is 1760. The highest BCUT2D eigenvalue weighted by Crippen LogP contribution is 2.44. The predicted molar refractivity (Wildman–Crippen MR) is 167 cm³/mol. The second kappa shape index (κ2) is 12.0. The van der Waals surface area contributed by atoms with Crippen molar-refractivity contribution in [2.75, 3.05) is 37.7 Å². The first kappa shape index (κ1) is 33.3. The minimum atomic E-state index is -5.13. The van der Waals surface area contributed by atoms with E-state index in [1.807, 2.05) is 4.90 Å². The van der Waals surface area contributed by atoms with Crippen LogP contribution in [-0.2, 0) is 4.74 Å². The number of aromatic hydroxyl groups is 1. The second-order valence-electron chi connectivity index (χ2n) is 14.3. The number of fused-ring (bicyclic) bond motifs is 4. The molecular weight excluding hydrogens is 655 g/mol. The summed E-state index contributed by atoms with van der Waals surface area (Å²) in [6.07, 6.45) is -2.04. The van der Waals surface area contributed by atoms with Gasteiger partial charge in [0.05, 0.1) is 28.6 Å². The van der Waals surface area contributed by atoms with Crippen LogP contribution >= 0.6 is 0 Å². The summed E-state index contributed by atoms with van der Waals surface area (Å²) in [5.74, 6) is -2.39. The van der Waals surface area contributed by atoms with E-state index in [1.165, 1.54) is 6.20 Å². The highest BCUT2D eigenvalue weighted by molar-refractivity contribution is 5.93. The molecule has 4 fully saturated rings. The third-order valence-corrected chi connectivity index (χ3v) is 9.73. The van der Waals surface area contributed by atoms with Crippen LogP contribution in [0.5, 0.6) is 17.5 Å². The van der Waals surface area contributed by atoms with E-state index in [9.17, 15) is 27.5 Å². The summed E-state index contributed by atoms with van der Waals surface area (Å²) >= 11 is 0. The Balaban J connectivity index is 1.29. The summed E-state index contributed by atoms with van der Waals surface area (Å²) in [6, 6.07) is 2.51. The first-order valence-electron chi connectivity index (χ1n) is 16.3. The van der Waals surface area contributed by atoms with Crippen molar-refractivity contribution in [2.24, 2.45) is 0 Å². The maximum Gasteiger partial charge on any atom is 0.573 e. The minimum Gasteiger partial charge on any atom is -0.507 e. The molecule has 0 spiro atoms. The molecule has 0 aliphatic carbocycles. The van der Waals surface area contributed by atoms with Crippen molar-refractivity contribution in [3.05, 3.63) is 30.2 Å². The molecule has 16 heteroatoms. The molecule has 6 heterocycles. The molecule has 4 atom stereocenters. The summed E-state index contributed by atoms with van der Waals surface area (Å²) in [4.78, 5) is 32.0. The van der Waals surface area contributed by atoms with Crippen LogP contribution in [0.2, 0.25) is 0 Å². The van der Waals surface area contributed by atoms with E-state index in [0.717, 1.165) is 31.2 Å². The fourth-order valence-corrected chi connectivity index (χ4v) is 7.81. The Labute approximate surface area is 279 Å². The van der Waals surface area contributed by atoms with E-state index in [2.05, 4.69) is 24.6 Å². The molecule has 0 radical (unpaired) electrons. The number of pyridine rings is 1. The third kappa shape index (κ3) is 6.34. The smallest absolute Gasteiger partial charge is 0.507 e. The van der Waals surface area contributed by atoms with Crippen molar-refractivity contribution in [3.63, 3.8) is 0 Å². The zero-order valence-electron chi connectivity index (χ0n) is 27.3. The number of amides is 1. The Morgan fingerprint density at radius 1 is 1.10 bits per heavy atom. The van der Waals surface area contributed by atoms with Gasteiger partial charge in [-0.3, -0.25) is 14.8 Å². The molecule has 264 valence electrons. The summed E-state index contributed by atoms with van der Waals surface area (Å²) in [6.45, 7) is 7.12. The molecule has 1 N–H and O–H groups in total. The van der Waals surface area contributed by atoms with Crippen molar-refractivity contribution < 1.29 is 46.1 Å². The van der Waals surface area contributed by atoms with Gasteiger partial charge in [0.25, 0.3) is 0 Å². The van der Waals surface area contributed by atoms with Gasteiger partial charge in [0.15, 0.2) is 5.82 Å². The Morgan fingerprint density at radius 2 is 1.84 bits per heavy atom. The zero-order valence-corrected chi connectivity index (χ0v) is 27.3. The number of phenolic OH excluding ortho intramolecular Hbond substituents is 1. The lowest BCUT2D eigenvalue weighted by Crippen LogP contribution is -2.57. The van der Waals surface area contributed by atoms with Crippen LogP contribution in [0.15, 0.2) is 24.4 Å². The molecule has 1 amide bonds. The first-order chi connectivity index (χ1) is 23.1. The molecule has 3 aromatic rings. The lowest BCUT2D eigenvalue weighted by molar-refractivity contribution is -0.274. The number of carbonyl (C=O) groups excluding carboxylic acids is 1. The van der Waals surface area contributed by atoms with Crippen molar-refractivity contribution in [3.8, 4) is 28.8 Å². The zero-order chi connectivity index (χ0) is 34.9. The summed E-state index contributed by atoms with van der Waals surface area (Å²) < 4.78 is 86.8. The van der Waals surface area contributed by atoms with Crippen molar-refractivity contribution >= 4 is 22.8 Å². The van der Waals surface area contributed by atoms with Gasteiger partial charge in [-0.25, -0.2) is 13.6 Å². The van der Waals surface area contributed by atoms with E-state index < -0.39 is 58.3 Å². The monoisotopic (exact) mass is 692 g/mol. The van der Waals surface area contributed by atoms with Crippen LogP contribution in [0.3, 0.4) is 0 Å². The maximum atomic E-state index is 16.6. The third-order valence-electron chi connectivity index (χ3n) is 9.73. The van der Waals surface area contributed by atoms with E-state index >= 15 is 4.39 Å². The molecule has 2 aromatic heterocycles. The Hall–Kier alpha value is -4.21. The van der Waals surface area contributed by atoms with Crippen molar-refractivity contribution in [2.45, 2.75) is 88.6 Å². The van der Waals surface area contributed by atoms with Gasteiger partial charge in [-0.2, -0.15) is 9.97 Å². The van der Waals surface area contributed by atoms with E-state index in [0.29, 0.717) is 38.9 Å². The highest BCUT2D eigenvalue weighted by atomic mass is 19.4. The van der Waals surface area contributed by atoms with E-state index in [1.54, 1.807) is 25.7 Å². The highest BCUT2D eigenvalue weighted by Gasteiger charge is 2.50. The number of ether oxygens (including phenoxy) is 3. The van der Waals surface area contributed by atoms with E-state index in [-0.39, 0.29) is 47.8 Å². The first-order valence-corrected chi connectivity index (χ1v) is 16.3. The number of hydrogen-bond acceptors (Lipinski definition) is 10. The van der Waals surface area contributed by atoms with Gasteiger partial charge in [0.2, 0.25) is 0 Å². The maximum absolute atomic E-state index is 16.6. The number of alkyl halides is 4. The Morgan fingerprint density at radius 3 is 2.53 bits per heavy atom. The van der Waals surface area contributed by atoms with Gasteiger partial charge in [-0.1, -0.05) is 6.07 Å². The SMILES string of the molecule is CC(C)(C)OC(=O)N1[C@@H]2CC[C@H]1CN(c1nc(OCC34CCCN3CC(F)C4)nc3c(F)c(-c4c(O)cccc4OC(F)(F)F)ncc13)C2. The second-order valence-corrected chi connectivity index (χ2v) is 14.3. The van der Waals surface area contributed by atoms with Gasteiger partial charge in [-0.15, -0.1) is 13.2 Å². The van der Waals surface area contributed by atoms with E-state index in [4.69, 9.17) is 9.47 Å². The standard InChI is InChI=1S/C33H37F5N6O5/c1-31(2,3)49-30(46)44-19-8-9-20(44)16-42(15-19)28-21-13-39-27(24-22(45)6-4-7-23(24)48-33(36,37)38)25(35)26(21)40-29(41-28)47-17-32-10-5-11-43(32)14-18(34)12-32/h4,6-7,13,18-20,45H,5,8-12,14-17H2,1-3H3/t18?,19-,20+,32?. The van der Waals surface area contributed by atoms with Crippen LogP contribution in [0.1, 0.15) is 52.9 Å². The number of carbonyl (C=O) groups is 1. The normalized spacial score (nSPS) is 25.6. The fourth-order valence-electron chi connectivity index (χ4n) is 7.81. The molecule has 1 aromatic carbocycles. The van der Waals surface area contributed by atoms with Gasteiger partial charge < -0.3 is 24.2 Å². The number of piperazine rings is 1. The number of aromatic nitrogens is 3. The predicted octanol–water partition coefficient (Wildman–Crippen LogP) is 5.98. The van der Waals surface area contributed by atoms with Crippen LogP contribution in [0, 0.1) is 5.82 Å². The summed E-state index contributed by atoms with van der Waals surface area (Å²) in [5, 5.41) is 10.7. The van der Waals surface area contributed by atoms with Crippen LogP contribution in [0.25, 0.3) is 22.2 Å². The molecule has 7 rings (SSSR count).